The maximum Gasteiger partial charge on any atom is 0.251 e. The molecule has 8 nitrogen and oxygen atoms in total. The van der Waals surface area contributed by atoms with Crippen LogP contribution in [0.2, 0.25) is 0 Å². The highest BCUT2D eigenvalue weighted by Crippen LogP contribution is 2.21. The molecule has 0 aromatic heterocycles. The molecule has 2 amide bonds. The van der Waals surface area contributed by atoms with Crippen LogP contribution in [-0.2, 0) is 14.8 Å². The molecule has 1 fully saturated rings. The van der Waals surface area contributed by atoms with E-state index in [1.165, 1.54) is 57.6 Å². The third-order valence-electron chi connectivity index (χ3n) is 5.16. The predicted octanol–water partition coefficient (Wildman–Crippen LogP) is 2.30. The Morgan fingerprint density at radius 1 is 1.00 bits per heavy atom. The summed E-state index contributed by atoms with van der Waals surface area (Å²) in [5.41, 5.74) is 1.96. The number of piperidine rings is 1. The minimum atomic E-state index is -3.65. The molecule has 9 heteroatoms. The van der Waals surface area contributed by atoms with E-state index in [1.807, 2.05) is 24.3 Å². The summed E-state index contributed by atoms with van der Waals surface area (Å²) in [6, 6.07) is 13.4. The number of hydrogen-bond acceptors (Lipinski definition) is 5. The Morgan fingerprint density at radius 3 is 2.32 bits per heavy atom. The molecule has 0 unspecified atom stereocenters. The van der Waals surface area contributed by atoms with Crippen LogP contribution < -0.4 is 15.5 Å². The van der Waals surface area contributed by atoms with Gasteiger partial charge in [0.2, 0.25) is 15.9 Å². The van der Waals surface area contributed by atoms with Gasteiger partial charge in [0.1, 0.15) is 0 Å². The van der Waals surface area contributed by atoms with Crippen molar-refractivity contribution < 1.29 is 18.0 Å². The first-order valence-corrected chi connectivity index (χ1v) is 11.7. The van der Waals surface area contributed by atoms with Crippen molar-refractivity contribution in [1.82, 2.24) is 9.62 Å². The molecule has 0 saturated carbocycles. The molecule has 0 atom stereocenters. The molecule has 1 heterocycles. The van der Waals surface area contributed by atoms with Crippen LogP contribution in [0.15, 0.2) is 53.4 Å². The van der Waals surface area contributed by atoms with Gasteiger partial charge >= 0.3 is 0 Å². The van der Waals surface area contributed by atoms with Gasteiger partial charge in [0.05, 0.1) is 11.4 Å². The van der Waals surface area contributed by atoms with Gasteiger partial charge in [-0.3, -0.25) is 9.59 Å². The lowest BCUT2D eigenvalue weighted by Gasteiger charge is -2.28. The molecule has 0 bridgehead atoms. The first kappa shape index (κ1) is 22.8. The van der Waals surface area contributed by atoms with E-state index in [-0.39, 0.29) is 22.9 Å². The lowest BCUT2D eigenvalue weighted by Crippen LogP contribution is -2.33. The van der Waals surface area contributed by atoms with Crippen molar-refractivity contribution in [3.05, 3.63) is 54.1 Å². The minimum Gasteiger partial charge on any atom is -0.372 e. The Hall–Kier alpha value is -2.91. The smallest absolute Gasteiger partial charge is 0.251 e. The number of nitrogens with one attached hydrogen (secondary N) is 2. The summed E-state index contributed by atoms with van der Waals surface area (Å²) in [6.45, 7) is 1.88. The zero-order valence-corrected chi connectivity index (χ0v) is 18.6. The van der Waals surface area contributed by atoms with Crippen LogP contribution in [0, 0.1) is 0 Å². The van der Waals surface area contributed by atoms with E-state index < -0.39 is 15.9 Å². The SMILES string of the molecule is CN(C)S(=O)(=O)c1cccc(C(=O)NCC(=O)Nc2ccc(N3CCCCC3)cc2)c1. The van der Waals surface area contributed by atoms with Crippen LogP contribution in [0.5, 0.6) is 0 Å². The summed E-state index contributed by atoms with van der Waals surface area (Å²) in [5, 5.41) is 5.28. The van der Waals surface area contributed by atoms with Crippen molar-refractivity contribution in [1.29, 1.82) is 0 Å². The van der Waals surface area contributed by atoms with Gasteiger partial charge in [0.25, 0.3) is 5.91 Å². The van der Waals surface area contributed by atoms with Gasteiger partial charge < -0.3 is 15.5 Å². The monoisotopic (exact) mass is 444 g/mol. The number of rotatable bonds is 7. The van der Waals surface area contributed by atoms with Gasteiger partial charge in [-0.15, -0.1) is 0 Å². The Kier molecular flexibility index (Phi) is 7.29. The number of benzene rings is 2. The molecule has 3 rings (SSSR count). The number of hydrogen-bond donors (Lipinski definition) is 2. The van der Waals surface area contributed by atoms with Crippen molar-refractivity contribution in [2.45, 2.75) is 24.2 Å². The van der Waals surface area contributed by atoms with Gasteiger partial charge in [-0.1, -0.05) is 6.07 Å². The fourth-order valence-corrected chi connectivity index (χ4v) is 4.33. The molecule has 1 aliphatic heterocycles. The maximum absolute atomic E-state index is 12.4. The van der Waals surface area contributed by atoms with Gasteiger partial charge in [-0.2, -0.15) is 0 Å². The van der Waals surface area contributed by atoms with E-state index in [1.54, 1.807) is 0 Å². The standard InChI is InChI=1S/C22H28N4O4S/c1-25(2)31(29,30)20-8-6-7-17(15-20)22(28)23-16-21(27)24-18-9-11-19(12-10-18)26-13-4-3-5-14-26/h6-12,15H,3-5,13-14,16H2,1-2H3,(H,23,28)(H,24,27). The zero-order chi connectivity index (χ0) is 22.4. The molecule has 2 aromatic rings. The largest absolute Gasteiger partial charge is 0.372 e. The summed E-state index contributed by atoms with van der Waals surface area (Å²) in [5.74, 6) is -0.887. The van der Waals surface area contributed by atoms with Crippen molar-refractivity contribution in [3.63, 3.8) is 0 Å². The van der Waals surface area contributed by atoms with Crippen LogP contribution in [0.4, 0.5) is 11.4 Å². The van der Waals surface area contributed by atoms with E-state index in [9.17, 15) is 18.0 Å². The highest BCUT2D eigenvalue weighted by atomic mass is 32.2. The van der Waals surface area contributed by atoms with Crippen LogP contribution in [0.25, 0.3) is 0 Å². The summed E-state index contributed by atoms with van der Waals surface area (Å²) in [7, 11) is -0.802. The Morgan fingerprint density at radius 2 is 1.68 bits per heavy atom. The van der Waals surface area contributed by atoms with Crippen LogP contribution in [0.3, 0.4) is 0 Å². The van der Waals surface area contributed by atoms with Crippen molar-refractivity contribution >= 4 is 33.2 Å². The van der Waals surface area contributed by atoms with Crippen LogP contribution in [-0.4, -0.2) is 58.3 Å². The molecular formula is C22H28N4O4S. The number of carbonyl (C=O) groups excluding carboxylic acids is 2. The number of amides is 2. The minimum absolute atomic E-state index is 0.0170. The second kappa shape index (κ2) is 9.93. The van der Waals surface area contributed by atoms with E-state index in [0.717, 1.165) is 23.1 Å². The highest BCUT2D eigenvalue weighted by Gasteiger charge is 2.19. The molecule has 1 aliphatic rings. The first-order valence-electron chi connectivity index (χ1n) is 10.2. The fraction of sp³-hybridized carbons (Fsp3) is 0.364. The Balaban J connectivity index is 1.54. The van der Waals surface area contributed by atoms with Gasteiger partial charge in [-0.25, -0.2) is 12.7 Å². The molecule has 0 radical (unpaired) electrons. The van der Waals surface area contributed by atoms with E-state index in [4.69, 9.17) is 0 Å². The summed E-state index contributed by atoms with van der Waals surface area (Å²) < 4.78 is 25.5. The first-order chi connectivity index (χ1) is 14.8. The van der Waals surface area contributed by atoms with Crippen LogP contribution in [0.1, 0.15) is 29.6 Å². The third-order valence-corrected chi connectivity index (χ3v) is 6.97. The molecular weight excluding hydrogens is 416 g/mol. The number of carbonyl (C=O) groups is 2. The fourth-order valence-electron chi connectivity index (χ4n) is 3.38. The summed E-state index contributed by atoms with van der Waals surface area (Å²) in [6.07, 6.45) is 3.66. The lowest BCUT2D eigenvalue weighted by atomic mass is 10.1. The van der Waals surface area contributed by atoms with Gasteiger partial charge in [-0.05, 0) is 61.7 Å². The number of anilines is 2. The van der Waals surface area contributed by atoms with E-state index >= 15 is 0 Å². The van der Waals surface area contributed by atoms with Gasteiger partial charge in [0.15, 0.2) is 0 Å². The second-order valence-corrected chi connectivity index (χ2v) is 9.79. The molecule has 2 aromatic carbocycles. The highest BCUT2D eigenvalue weighted by molar-refractivity contribution is 7.89. The van der Waals surface area contributed by atoms with E-state index in [0.29, 0.717) is 5.69 Å². The Labute approximate surface area is 183 Å². The average molecular weight is 445 g/mol. The summed E-state index contributed by atoms with van der Waals surface area (Å²) in [4.78, 5) is 26.9. The topological polar surface area (TPSA) is 98.8 Å². The normalized spacial score (nSPS) is 14.4. The molecule has 1 saturated heterocycles. The summed E-state index contributed by atoms with van der Waals surface area (Å²) >= 11 is 0. The molecule has 0 aliphatic carbocycles. The molecule has 2 N–H and O–H groups in total. The average Bonchev–Trinajstić information content (AvgIpc) is 2.78. The van der Waals surface area contributed by atoms with Crippen molar-refractivity contribution in [3.8, 4) is 0 Å². The van der Waals surface area contributed by atoms with Crippen molar-refractivity contribution in [2.75, 3.05) is 43.9 Å². The zero-order valence-electron chi connectivity index (χ0n) is 17.8. The van der Waals surface area contributed by atoms with Gasteiger partial charge in [0, 0.05) is 44.1 Å². The number of sulfonamides is 1. The molecule has 31 heavy (non-hydrogen) atoms. The molecule has 0 spiro atoms. The number of nitrogens with zero attached hydrogens (tertiary/aromatic N) is 2. The Bertz CT molecular complexity index is 1030. The predicted molar refractivity (Wildman–Crippen MR) is 121 cm³/mol. The van der Waals surface area contributed by atoms with Crippen molar-refractivity contribution in [2.24, 2.45) is 0 Å². The quantitative estimate of drug-likeness (QED) is 0.683. The third kappa shape index (κ3) is 5.83. The second-order valence-electron chi connectivity index (χ2n) is 7.64. The van der Waals surface area contributed by atoms with E-state index in [2.05, 4.69) is 15.5 Å². The van der Waals surface area contributed by atoms with Crippen LogP contribution >= 0.6 is 0 Å². The maximum atomic E-state index is 12.4. The molecule has 166 valence electrons. The lowest BCUT2D eigenvalue weighted by molar-refractivity contribution is -0.115.